The molecule has 1 aromatic heterocycles. The molecule has 0 spiro atoms. The molecule has 3 rings (SSSR count). The lowest BCUT2D eigenvalue weighted by Crippen LogP contribution is -2.42. The standard InChI is InChI=1S/C9H17NO.C6H6F2N2O2/c1-11-8-9-4-2-6-10(9)7-3-5-9;1-11-4-2-10-5(3-9-4)12-6(7)8/h2-8H2,1H3;2-3,6H,1H3. The van der Waals surface area contributed by atoms with Crippen LogP contribution in [0.3, 0.4) is 0 Å². The van der Waals surface area contributed by atoms with Crippen molar-refractivity contribution < 1.29 is 23.0 Å². The fourth-order valence-electron chi connectivity index (χ4n) is 3.29. The van der Waals surface area contributed by atoms with E-state index in [-0.39, 0.29) is 11.8 Å². The summed E-state index contributed by atoms with van der Waals surface area (Å²) in [6.07, 6.45) is 7.73. The minimum absolute atomic E-state index is 0.231. The highest BCUT2D eigenvalue weighted by molar-refractivity contribution is 5.10. The summed E-state index contributed by atoms with van der Waals surface area (Å²) in [5.74, 6) is 0.0161. The zero-order valence-electron chi connectivity index (χ0n) is 13.5. The van der Waals surface area contributed by atoms with Crippen LogP contribution in [0.5, 0.6) is 11.8 Å². The quantitative estimate of drug-likeness (QED) is 0.825. The molecule has 1 aromatic rings. The zero-order chi connectivity index (χ0) is 16.7. The number of rotatable bonds is 5. The molecule has 0 amide bonds. The maximum Gasteiger partial charge on any atom is 0.388 e. The van der Waals surface area contributed by atoms with Gasteiger partial charge in [0.1, 0.15) is 0 Å². The van der Waals surface area contributed by atoms with Crippen LogP contribution < -0.4 is 9.47 Å². The summed E-state index contributed by atoms with van der Waals surface area (Å²) < 4.78 is 37.1. The first-order valence-corrected chi connectivity index (χ1v) is 7.64. The third-order valence-corrected chi connectivity index (χ3v) is 4.25. The Labute approximate surface area is 134 Å². The smallest absolute Gasteiger partial charge is 0.388 e. The van der Waals surface area contributed by atoms with E-state index in [2.05, 4.69) is 24.3 Å². The first-order chi connectivity index (χ1) is 11.1. The second-order valence-electron chi connectivity index (χ2n) is 5.63. The van der Waals surface area contributed by atoms with Crippen molar-refractivity contribution in [1.82, 2.24) is 14.9 Å². The highest BCUT2D eigenvalue weighted by Gasteiger charge is 2.43. The largest absolute Gasteiger partial charge is 0.480 e. The number of alkyl halides is 2. The summed E-state index contributed by atoms with van der Waals surface area (Å²) in [7, 11) is 3.22. The summed E-state index contributed by atoms with van der Waals surface area (Å²) >= 11 is 0. The molecule has 6 nitrogen and oxygen atoms in total. The van der Waals surface area contributed by atoms with Crippen LogP contribution in [0.2, 0.25) is 0 Å². The van der Waals surface area contributed by atoms with E-state index >= 15 is 0 Å². The van der Waals surface area contributed by atoms with Gasteiger partial charge in [-0.3, -0.25) is 4.90 Å². The van der Waals surface area contributed by atoms with Crippen molar-refractivity contribution in [2.75, 3.05) is 33.9 Å². The van der Waals surface area contributed by atoms with Crippen LogP contribution in [0, 0.1) is 0 Å². The molecule has 0 aromatic carbocycles. The summed E-state index contributed by atoms with van der Waals surface area (Å²) in [5, 5.41) is 0. The fraction of sp³-hybridized carbons (Fsp3) is 0.733. The Kier molecular flexibility index (Phi) is 6.47. The third-order valence-electron chi connectivity index (χ3n) is 4.25. The molecule has 0 aliphatic carbocycles. The van der Waals surface area contributed by atoms with Crippen molar-refractivity contribution in [2.45, 2.75) is 37.8 Å². The van der Waals surface area contributed by atoms with E-state index in [0.29, 0.717) is 5.54 Å². The van der Waals surface area contributed by atoms with Gasteiger partial charge in [0.2, 0.25) is 11.8 Å². The van der Waals surface area contributed by atoms with Gasteiger partial charge in [-0.25, -0.2) is 9.97 Å². The van der Waals surface area contributed by atoms with Crippen molar-refractivity contribution in [1.29, 1.82) is 0 Å². The lowest BCUT2D eigenvalue weighted by Gasteiger charge is -2.30. The molecule has 2 aliphatic heterocycles. The lowest BCUT2D eigenvalue weighted by molar-refractivity contribution is -0.0531. The van der Waals surface area contributed by atoms with Gasteiger partial charge in [0, 0.05) is 12.6 Å². The van der Waals surface area contributed by atoms with Crippen molar-refractivity contribution in [3.05, 3.63) is 12.4 Å². The molecule has 2 saturated heterocycles. The minimum Gasteiger partial charge on any atom is -0.480 e. The molecule has 3 heterocycles. The Bertz CT molecular complexity index is 464. The molecule has 23 heavy (non-hydrogen) atoms. The van der Waals surface area contributed by atoms with E-state index in [1.54, 1.807) is 0 Å². The summed E-state index contributed by atoms with van der Waals surface area (Å²) in [6, 6.07) is 0. The van der Waals surface area contributed by atoms with Crippen LogP contribution >= 0.6 is 0 Å². The zero-order valence-corrected chi connectivity index (χ0v) is 13.5. The van der Waals surface area contributed by atoms with Gasteiger partial charge in [-0.05, 0) is 38.8 Å². The molecule has 8 heteroatoms. The van der Waals surface area contributed by atoms with Crippen molar-refractivity contribution in [3.8, 4) is 11.8 Å². The van der Waals surface area contributed by atoms with Crippen LogP contribution in [-0.2, 0) is 4.74 Å². The Morgan fingerprint density at radius 2 is 1.74 bits per heavy atom. The van der Waals surface area contributed by atoms with Crippen molar-refractivity contribution in [3.63, 3.8) is 0 Å². The Hall–Kier alpha value is -1.54. The molecule has 0 radical (unpaired) electrons. The molecular formula is C15H23F2N3O3. The van der Waals surface area contributed by atoms with E-state index < -0.39 is 6.61 Å². The number of aromatic nitrogens is 2. The predicted octanol–water partition coefficient (Wildman–Crippen LogP) is 2.35. The van der Waals surface area contributed by atoms with Gasteiger partial charge in [0.25, 0.3) is 0 Å². The van der Waals surface area contributed by atoms with Crippen molar-refractivity contribution in [2.24, 2.45) is 0 Å². The van der Waals surface area contributed by atoms with Crippen LogP contribution in [0.15, 0.2) is 12.4 Å². The molecule has 0 atom stereocenters. The Morgan fingerprint density at radius 3 is 2.22 bits per heavy atom. The highest BCUT2D eigenvalue weighted by Crippen LogP contribution is 2.38. The van der Waals surface area contributed by atoms with Gasteiger partial charge in [-0.1, -0.05) is 0 Å². The van der Waals surface area contributed by atoms with Gasteiger partial charge >= 0.3 is 6.61 Å². The maximum absolute atomic E-state index is 11.6. The van der Waals surface area contributed by atoms with Gasteiger partial charge in [0.05, 0.1) is 26.1 Å². The SMILES string of the molecule is COCC12CCCN1CCC2.COc1cnc(OC(F)F)cn1. The molecule has 0 unspecified atom stereocenters. The number of fused-ring (bicyclic) bond motifs is 1. The van der Waals surface area contributed by atoms with Gasteiger partial charge in [-0.15, -0.1) is 0 Å². The molecule has 2 aliphatic rings. The van der Waals surface area contributed by atoms with Crippen LogP contribution in [0.1, 0.15) is 25.7 Å². The normalized spacial score (nSPS) is 19.2. The lowest BCUT2D eigenvalue weighted by atomic mass is 9.95. The van der Waals surface area contributed by atoms with E-state index in [4.69, 9.17) is 4.74 Å². The minimum atomic E-state index is -2.88. The van der Waals surface area contributed by atoms with E-state index in [0.717, 1.165) is 12.8 Å². The molecule has 0 N–H and O–H groups in total. The highest BCUT2D eigenvalue weighted by atomic mass is 19.3. The number of hydrogen-bond donors (Lipinski definition) is 0. The Balaban J connectivity index is 0.000000167. The topological polar surface area (TPSA) is 56.7 Å². The second kappa shape index (κ2) is 8.35. The monoisotopic (exact) mass is 331 g/mol. The maximum atomic E-state index is 11.6. The number of nitrogens with zero attached hydrogens (tertiary/aromatic N) is 3. The molecule has 130 valence electrons. The third kappa shape index (κ3) is 4.71. The van der Waals surface area contributed by atoms with Crippen LogP contribution in [0.4, 0.5) is 8.78 Å². The average molecular weight is 331 g/mol. The second-order valence-corrected chi connectivity index (χ2v) is 5.63. The van der Waals surface area contributed by atoms with Gasteiger partial charge in [-0.2, -0.15) is 8.78 Å². The molecular weight excluding hydrogens is 308 g/mol. The average Bonchev–Trinajstić information content (AvgIpc) is 3.08. The van der Waals surface area contributed by atoms with E-state index in [9.17, 15) is 8.78 Å². The first kappa shape index (κ1) is 17.8. The van der Waals surface area contributed by atoms with Crippen molar-refractivity contribution >= 4 is 0 Å². The van der Waals surface area contributed by atoms with E-state index in [1.165, 1.54) is 52.1 Å². The molecule has 0 bridgehead atoms. The predicted molar refractivity (Wildman–Crippen MR) is 79.9 cm³/mol. The van der Waals surface area contributed by atoms with Crippen LogP contribution in [-0.4, -0.2) is 60.9 Å². The summed E-state index contributed by atoms with van der Waals surface area (Å²) in [6.45, 7) is 0.687. The first-order valence-electron chi connectivity index (χ1n) is 7.64. The summed E-state index contributed by atoms with van der Waals surface area (Å²) in [5.41, 5.74) is 0.467. The van der Waals surface area contributed by atoms with Gasteiger partial charge < -0.3 is 14.2 Å². The number of ether oxygens (including phenoxy) is 3. The summed E-state index contributed by atoms with van der Waals surface area (Å²) in [4.78, 5) is 9.73. The fourth-order valence-corrected chi connectivity index (χ4v) is 3.29. The van der Waals surface area contributed by atoms with Gasteiger partial charge in [0.15, 0.2) is 0 Å². The number of methoxy groups -OCH3 is 2. The van der Waals surface area contributed by atoms with E-state index in [1.807, 2.05) is 7.11 Å². The molecule has 0 saturated carbocycles. The molecule has 2 fully saturated rings. The van der Waals surface area contributed by atoms with Crippen LogP contribution in [0.25, 0.3) is 0 Å². The number of hydrogen-bond acceptors (Lipinski definition) is 6. The Morgan fingerprint density at radius 1 is 1.13 bits per heavy atom. The number of halogens is 2.